The molecule has 1 aromatic heterocycles. The summed E-state index contributed by atoms with van der Waals surface area (Å²) in [5, 5.41) is 0. The van der Waals surface area contributed by atoms with Gasteiger partial charge in [-0.2, -0.15) is 13.2 Å². The first-order valence-electron chi connectivity index (χ1n) is 5.66. The van der Waals surface area contributed by atoms with Gasteiger partial charge in [0.05, 0.1) is 5.56 Å². The molecule has 0 aliphatic rings. The number of rotatable bonds is 2. The largest absolute Gasteiger partial charge is 0.416 e. The number of hydrogen-bond donors (Lipinski definition) is 0. The quantitative estimate of drug-likeness (QED) is 0.757. The van der Waals surface area contributed by atoms with E-state index in [4.69, 9.17) is 0 Å². The Kier molecular flexibility index (Phi) is 3.20. The van der Waals surface area contributed by atoms with Gasteiger partial charge in [0, 0.05) is 18.4 Å². The Bertz CT molecular complexity index is 535. The van der Waals surface area contributed by atoms with E-state index in [9.17, 15) is 13.2 Å². The van der Waals surface area contributed by atoms with Crippen LogP contribution in [0.15, 0.2) is 36.5 Å². The van der Waals surface area contributed by atoms with Gasteiger partial charge in [-0.15, -0.1) is 0 Å². The van der Waals surface area contributed by atoms with E-state index < -0.39 is 11.7 Å². The van der Waals surface area contributed by atoms with Gasteiger partial charge in [-0.1, -0.05) is 12.1 Å². The molecule has 0 amide bonds. The van der Waals surface area contributed by atoms with Crippen LogP contribution in [0.1, 0.15) is 22.4 Å². The van der Waals surface area contributed by atoms with Gasteiger partial charge in [-0.05, 0) is 43.2 Å². The lowest BCUT2D eigenvalue weighted by atomic mass is 10.1. The predicted octanol–water partition coefficient (Wildman–Crippen LogP) is 4.17. The van der Waals surface area contributed by atoms with Crippen LogP contribution < -0.4 is 0 Å². The molecule has 1 heterocycles. The summed E-state index contributed by atoms with van der Waals surface area (Å²) >= 11 is 0. The Labute approximate surface area is 104 Å². The minimum atomic E-state index is -4.27. The van der Waals surface area contributed by atoms with Gasteiger partial charge in [0.1, 0.15) is 0 Å². The van der Waals surface area contributed by atoms with E-state index in [0.717, 1.165) is 29.0 Å². The molecule has 2 aromatic rings. The summed E-state index contributed by atoms with van der Waals surface area (Å²) in [6, 6.07) is 7.35. The second-order valence-corrected chi connectivity index (χ2v) is 4.48. The van der Waals surface area contributed by atoms with Crippen molar-refractivity contribution in [2.75, 3.05) is 0 Å². The Morgan fingerprint density at radius 1 is 1.06 bits per heavy atom. The average molecular weight is 253 g/mol. The fraction of sp³-hybridized carbons (Fsp3) is 0.286. The second-order valence-electron chi connectivity index (χ2n) is 4.48. The van der Waals surface area contributed by atoms with E-state index in [1.165, 1.54) is 12.1 Å². The molecule has 2 rings (SSSR count). The van der Waals surface area contributed by atoms with Crippen molar-refractivity contribution < 1.29 is 13.2 Å². The maximum atomic E-state index is 12.4. The Morgan fingerprint density at radius 3 is 2.11 bits per heavy atom. The predicted molar refractivity (Wildman–Crippen MR) is 64.5 cm³/mol. The fourth-order valence-corrected chi connectivity index (χ4v) is 1.96. The van der Waals surface area contributed by atoms with Crippen molar-refractivity contribution in [1.82, 2.24) is 4.57 Å². The first kappa shape index (κ1) is 12.7. The zero-order valence-corrected chi connectivity index (χ0v) is 10.3. The zero-order chi connectivity index (χ0) is 13.3. The van der Waals surface area contributed by atoms with Gasteiger partial charge in [0.2, 0.25) is 0 Å². The highest BCUT2D eigenvalue weighted by molar-refractivity contribution is 5.26. The Morgan fingerprint density at radius 2 is 1.67 bits per heavy atom. The van der Waals surface area contributed by atoms with Crippen molar-refractivity contribution in [1.29, 1.82) is 0 Å². The first-order valence-corrected chi connectivity index (χ1v) is 5.66. The van der Waals surface area contributed by atoms with Crippen LogP contribution in [0.25, 0.3) is 0 Å². The molecule has 0 saturated heterocycles. The van der Waals surface area contributed by atoms with Crippen LogP contribution in [0.2, 0.25) is 0 Å². The summed E-state index contributed by atoms with van der Waals surface area (Å²) in [5.74, 6) is 0. The molecule has 0 unspecified atom stereocenters. The second kappa shape index (κ2) is 4.52. The van der Waals surface area contributed by atoms with Crippen LogP contribution in [0, 0.1) is 13.8 Å². The van der Waals surface area contributed by atoms with Gasteiger partial charge in [-0.3, -0.25) is 0 Å². The van der Waals surface area contributed by atoms with Crippen LogP contribution in [0.3, 0.4) is 0 Å². The highest BCUT2D eigenvalue weighted by Crippen LogP contribution is 2.29. The number of aryl methyl sites for hydroxylation is 2. The van der Waals surface area contributed by atoms with Gasteiger partial charge in [-0.25, -0.2) is 0 Å². The van der Waals surface area contributed by atoms with E-state index >= 15 is 0 Å². The Balaban J connectivity index is 2.18. The van der Waals surface area contributed by atoms with Crippen LogP contribution in [0.5, 0.6) is 0 Å². The van der Waals surface area contributed by atoms with Crippen LogP contribution in [-0.4, -0.2) is 4.57 Å². The molecule has 0 aliphatic heterocycles. The molecule has 1 aromatic carbocycles. The highest BCUT2D eigenvalue weighted by Gasteiger charge is 2.29. The standard InChI is InChI=1S/C14H14F3N/c1-10-7-11(2)18(8-10)9-12-3-5-13(6-4-12)14(15,16)17/h3-8H,9H2,1-2H3. The van der Waals surface area contributed by atoms with Gasteiger partial charge < -0.3 is 4.57 Å². The lowest BCUT2D eigenvalue weighted by Crippen LogP contribution is -2.05. The van der Waals surface area contributed by atoms with E-state index in [2.05, 4.69) is 0 Å². The topological polar surface area (TPSA) is 4.93 Å². The zero-order valence-electron chi connectivity index (χ0n) is 10.3. The molecule has 4 heteroatoms. The molecule has 0 atom stereocenters. The van der Waals surface area contributed by atoms with Gasteiger partial charge >= 0.3 is 6.18 Å². The van der Waals surface area contributed by atoms with Crippen molar-refractivity contribution in [2.24, 2.45) is 0 Å². The number of alkyl halides is 3. The molecule has 0 spiro atoms. The lowest BCUT2D eigenvalue weighted by molar-refractivity contribution is -0.137. The first-order chi connectivity index (χ1) is 8.36. The molecule has 96 valence electrons. The summed E-state index contributed by atoms with van der Waals surface area (Å²) in [4.78, 5) is 0. The molecule has 0 bridgehead atoms. The monoisotopic (exact) mass is 253 g/mol. The number of halogens is 3. The summed E-state index contributed by atoms with van der Waals surface area (Å²) in [6.07, 6.45) is -2.27. The molecule has 0 aliphatic carbocycles. The average Bonchev–Trinajstić information content (AvgIpc) is 2.57. The molecule has 18 heavy (non-hydrogen) atoms. The van der Waals surface area contributed by atoms with Crippen molar-refractivity contribution in [3.63, 3.8) is 0 Å². The SMILES string of the molecule is Cc1cc(C)n(Cc2ccc(C(F)(F)F)cc2)c1. The van der Waals surface area contributed by atoms with Gasteiger partial charge in [0.15, 0.2) is 0 Å². The number of hydrogen-bond acceptors (Lipinski definition) is 0. The third kappa shape index (κ3) is 2.75. The minimum Gasteiger partial charge on any atom is -0.347 e. The van der Waals surface area contributed by atoms with Crippen molar-refractivity contribution in [3.05, 3.63) is 58.9 Å². The fourth-order valence-electron chi connectivity index (χ4n) is 1.96. The van der Waals surface area contributed by atoms with Crippen molar-refractivity contribution in [2.45, 2.75) is 26.6 Å². The molecular formula is C14H14F3N. The van der Waals surface area contributed by atoms with E-state index in [1.807, 2.05) is 30.7 Å². The summed E-state index contributed by atoms with van der Waals surface area (Å²) < 4.78 is 39.3. The van der Waals surface area contributed by atoms with E-state index in [-0.39, 0.29) is 0 Å². The number of nitrogens with zero attached hydrogens (tertiary/aromatic N) is 1. The molecule has 1 nitrogen and oxygen atoms in total. The van der Waals surface area contributed by atoms with Crippen molar-refractivity contribution in [3.8, 4) is 0 Å². The summed E-state index contributed by atoms with van der Waals surface area (Å²) in [5.41, 5.74) is 2.51. The number of aromatic nitrogens is 1. The minimum absolute atomic E-state index is 0.595. The molecule has 0 N–H and O–H groups in total. The maximum absolute atomic E-state index is 12.4. The molecule has 0 saturated carbocycles. The van der Waals surface area contributed by atoms with Gasteiger partial charge in [0.25, 0.3) is 0 Å². The van der Waals surface area contributed by atoms with Crippen LogP contribution >= 0.6 is 0 Å². The van der Waals surface area contributed by atoms with Crippen molar-refractivity contribution >= 4 is 0 Å². The third-order valence-electron chi connectivity index (χ3n) is 2.88. The van der Waals surface area contributed by atoms with E-state index in [0.29, 0.717) is 6.54 Å². The van der Waals surface area contributed by atoms with E-state index in [1.54, 1.807) is 0 Å². The molecular weight excluding hydrogens is 239 g/mol. The smallest absolute Gasteiger partial charge is 0.347 e. The summed E-state index contributed by atoms with van der Waals surface area (Å²) in [7, 11) is 0. The highest BCUT2D eigenvalue weighted by atomic mass is 19.4. The molecule has 0 fully saturated rings. The van der Waals surface area contributed by atoms with Crippen LogP contribution in [0.4, 0.5) is 13.2 Å². The lowest BCUT2D eigenvalue weighted by Gasteiger charge is -2.09. The maximum Gasteiger partial charge on any atom is 0.416 e. The number of benzene rings is 1. The normalized spacial score (nSPS) is 11.8. The Hall–Kier alpha value is -1.71. The third-order valence-corrected chi connectivity index (χ3v) is 2.88. The van der Waals surface area contributed by atoms with Crippen LogP contribution in [-0.2, 0) is 12.7 Å². The summed E-state index contributed by atoms with van der Waals surface area (Å²) in [6.45, 7) is 4.57. The molecule has 0 radical (unpaired) electrons.